The fourth-order valence-electron chi connectivity index (χ4n) is 3.31. The molecule has 0 saturated heterocycles. The van der Waals surface area contributed by atoms with E-state index in [1.807, 2.05) is 18.4 Å². The summed E-state index contributed by atoms with van der Waals surface area (Å²) >= 11 is 7.80. The van der Waals surface area contributed by atoms with E-state index in [0.29, 0.717) is 23.1 Å². The van der Waals surface area contributed by atoms with Gasteiger partial charge in [-0.2, -0.15) is 5.10 Å². The lowest BCUT2D eigenvalue weighted by Crippen LogP contribution is -1.98. The number of anilines is 1. The van der Waals surface area contributed by atoms with E-state index in [4.69, 9.17) is 21.1 Å². The van der Waals surface area contributed by atoms with E-state index >= 15 is 0 Å². The minimum atomic E-state index is 0.474. The van der Waals surface area contributed by atoms with Crippen molar-refractivity contribution in [3.8, 4) is 22.8 Å². The third-order valence-corrected chi connectivity index (χ3v) is 5.37. The second kappa shape index (κ2) is 9.29. The second-order valence-corrected chi connectivity index (χ2v) is 7.91. The van der Waals surface area contributed by atoms with Crippen LogP contribution in [0.25, 0.3) is 11.3 Å². The van der Waals surface area contributed by atoms with E-state index in [-0.39, 0.29) is 0 Å². The molecule has 7 heteroatoms. The predicted octanol–water partition coefficient (Wildman–Crippen LogP) is 6.24. The van der Waals surface area contributed by atoms with Gasteiger partial charge in [-0.05, 0) is 56.5 Å². The van der Waals surface area contributed by atoms with Gasteiger partial charge in [-0.25, -0.2) is 4.98 Å². The Labute approximate surface area is 180 Å². The molecule has 3 rings (SSSR count). The highest BCUT2D eigenvalue weighted by Gasteiger charge is 2.12. The summed E-state index contributed by atoms with van der Waals surface area (Å²) in [5.74, 6) is 1.11. The van der Waals surface area contributed by atoms with Gasteiger partial charge in [0.25, 0.3) is 0 Å². The van der Waals surface area contributed by atoms with Crippen molar-refractivity contribution in [3.05, 3.63) is 56.9 Å². The molecule has 0 aliphatic rings. The van der Waals surface area contributed by atoms with Gasteiger partial charge in [0.05, 0.1) is 30.6 Å². The molecule has 0 unspecified atom stereocenters. The summed E-state index contributed by atoms with van der Waals surface area (Å²) < 4.78 is 10.9. The third-order valence-electron chi connectivity index (χ3n) is 4.35. The molecule has 0 amide bonds. The average Bonchev–Trinajstić information content (AvgIpc) is 3.09. The highest BCUT2D eigenvalue weighted by molar-refractivity contribution is 7.14. The van der Waals surface area contributed by atoms with E-state index < -0.39 is 0 Å². The number of halogens is 1. The van der Waals surface area contributed by atoms with Gasteiger partial charge in [0, 0.05) is 10.9 Å². The molecule has 0 bridgehead atoms. The molecule has 0 aliphatic heterocycles. The molecule has 1 heterocycles. The molecule has 0 atom stereocenters. The number of hydrogen-bond donors (Lipinski definition) is 1. The van der Waals surface area contributed by atoms with Crippen molar-refractivity contribution in [1.29, 1.82) is 0 Å². The summed E-state index contributed by atoms with van der Waals surface area (Å²) in [6, 6.07) is 7.97. The SMILES string of the molecule is CCOc1cc(/C=N\Nc2nc(-c3c(C)cc(C)cc3C)cs2)cc(Cl)c1OC. The number of benzene rings is 2. The smallest absolute Gasteiger partial charge is 0.203 e. The Morgan fingerprint density at radius 2 is 1.90 bits per heavy atom. The highest BCUT2D eigenvalue weighted by Crippen LogP contribution is 2.36. The molecule has 0 aliphatic carbocycles. The van der Waals surface area contributed by atoms with Gasteiger partial charge < -0.3 is 9.47 Å². The number of hydrogen-bond acceptors (Lipinski definition) is 6. The number of thiazole rings is 1. The number of aryl methyl sites for hydroxylation is 3. The zero-order chi connectivity index (χ0) is 21.0. The van der Waals surface area contributed by atoms with Crippen LogP contribution in [0.1, 0.15) is 29.2 Å². The summed E-state index contributed by atoms with van der Waals surface area (Å²) in [5.41, 5.74) is 9.62. The van der Waals surface area contributed by atoms with Crippen LogP contribution in [0.5, 0.6) is 11.5 Å². The zero-order valence-electron chi connectivity index (χ0n) is 17.2. The lowest BCUT2D eigenvalue weighted by Gasteiger charge is -2.11. The molecule has 152 valence electrons. The van der Waals surface area contributed by atoms with E-state index in [1.54, 1.807) is 19.4 Å². The minimum Gasteiger partial charge on any atom is -0.491 e. The Balaban J connectivity index is 1.77. The van der Waals surface area contributed by atoms with Crippen molar-refractivity contribution in [1.82, 2.24) is 4.98 Å². The Morgan fingerprint density at radius 1 is 1.17 bits per heavy atom. The summed E-state index contributed by atoms with van der Waals surface area (Å²) in [5, 5.41) is 7.53. The summed E-state index contributed by atoms with van der Waals surface area (Å²) in [7, 11) is 1.57. The number of hydrazone groups is 1. The monoisotopic (exact) mass is 429 g/mol. The number of rotatable bonds is 7. The van der Waals surface area contributed by atoms with Gasteiger partial charge in [0.2, 0.25) is 5.13 Å². The topological polar surface area (TPSA) is 55.7 Å². The molecule has 29 heavy (non-hydrogen) atoms. The number of aromatic nitrogens is 1. The number of nitrogens with one attached hydrogen (secondary N) is 1. The molecule has 1 N–H and O–H groups in total. The zero-order valence-corrected chi connectivity index (χ0v) is 18.7. The van der Waals surface area contributed by atoms with E-state index in [1.165, 1.54) is 33.6 Å². The van der Waals surface area contributed by atoms with Crippen LogP contribution in [0.4, 0.5) is 5.13 Å². The lowest BCUT2D eigenvalue weighted by atomic mass is 9.98. The Bertz CT molecular complexity index is 1020. The minimum absolute atomic E-state index is 0.474. The summed E-state index contributed by atoms with van der Waals surface area (Å²) in [4.78, 5) is 4.68. The van der Waals surface area contributed by atoms with Crippen molar-refractivity contribution in [2.75, 3.05) is 19.1 Å². The molecular formula is C22H24ClN3O2S. The average molecular weight is 430 g/mol. The second-order valence-electron chi connectivity index (χ2n) is 6.65. The van der Waals surface area contributed by atoms with Crippen LogP contribution in [-0.4, -0.2) is 24.9 Å². The van der Waals surface area contributed by atoms with Crippen LogP contribution >= 0.6 is 22.9 Å². The van der Waals surface area contributed by atoms with E-state index in [0.717, 1.165) is 16.4 Å². The quantitative estimate of drug-likeness (QED) is 0.356. The van der Waals surface area contributed by atoms with E-state index in [9.17, 15) is 0 Å². The molecule has 5 nitrogen and oxygen atoms in total. The molecule has 0 radical (unpaired) electrons. The Morgan fingerprint density at radius 3 is 2.55 bits per heavy atom. The first-order valence-electron chi connectivity index (χ1n) is 9.26. The Hall–Kier alpha value is -2.57. The van der Waals surface area contributed by atoms with Crippen molar-refractivity contribution in [3.63, 3.8) is 0 Å². The molecular weight excluding hydrogens is 406 g/mol. The van der Waals surface area contributed by atoms with Crippen LogP contribution in [0, 0.1) is 20.8 Å². The Kier molecular flexibility index (Phi) is 6.77. The van der Waals surface area contributed by atoms with Gasteiger partial charge in [-0.15, -0.1) is 11.3 Å². The molecule has 1 aromatic heterocycles. The van der Waals surface area contributed by atoms with Crippen molar-refractivity contribution < 1.29 is 9.47 Å². The van der Waals surface area contributed by atoms with Gasteiger partial charge in [0.15, 0.2) is 11.5 Å². The van der Waals surface area contributed by atoms with E-state index in [2.05, 4.69) is 48.4 Å². The van der Waals surface area contributed by atoms with Gasteiger partial charge >= 0.3 is 0 Å². The van der Waals surface area contributed by atoms with Crippen LogP contribution in [-0.2, 0) is 0 Å². The van der Waals surface area contributed by atoms with Gasteiger partial charge in [0.1, 0.15) is 0 Å². The van der Waals surface area contributed by atoms with Gasteiger partial charge in [-0.1, -0.05) is 29.3 Å². The maximum atomic E-state index is 6.28. The van der Waals surface area contributed by atoms with Crippen LogP contribution in [0.2, 0.25) is 5.02 Å². The number of methoxy groups -OCH3 is 1. The fraction of sp³-hybridized carbons (Fsp3) is 0.273. The first-order chi connectivity index (χ1) is 13.9. The largest absolute Gasteiger partial charge is 0.491 e. The summed E-state index contributed by atoms with van der Waals surface area (Å²) in [6.07, 6.45) is 1.68. The lowest BCUT2D eigenvalue weighted by molar-refractivity contribution is 0.311. The molecule has 0 fully saturated rings. The van der Waals surface area contributed by atoms with Crippen molar-refractivity contribution in [2.24, 2.45) is 5.10 Å². The molecule has 3 aromatic rings. The third kappa shape index (κ3) is 4.89. The standard InChI is InChI=1S/C22H24ClN3O2S/c1-6-28-19-10-16(9-17(23)21(19)27-5)11-24-26-22-25-18(12-29-22)20-14(3)7-13(2)8-15(20)4/h7-12H,6H2,1-5H3,(H,25,26)/b24-11-. The first kappa shape index (κ1) is 21.1. The van der Waals surface area contributed by atoms with Gasteiger partial charge in [-0.3, -0.25) is 5.43 Å². The van der Waals surface area contributed by atoms with Crippen LogP contribution < -0.4 is 14.9 Å². The van der Waals surface area contributed by atoms with Crippen molar-refractivity contribution in [2.45, 2.75) is 27.7 Å². The van der Waals surface area contributed by atoms with Crippen LogP contribution in [0.3, 0.4) is 0 Å². The van der Waals surface area contributed by atoms with Crippen molar-refractivity contribution >= 4 is 34.3 Å². The molecule has 0 spiro atoms. The highest BCUT2D eigenvalue weighted by atomic mass is 35.5. The van der Waals surface area contributed by atoms with Crippen LogP contribution in [0.15, 0.2) is 34.7 Å². The maximum Gasteiger partial charge on any atom is 0.203 e. The first-order valence-corrected chi connectivity index (χ1v) is 10.5. The normalized spacial score (nSPS) is 11.1. The molecule has 0 saturated carbocycles. The number of nitrogens with zero attached hydrogens (tertiary/aromatic N) is 2. The number of ether oxygens (including phenoxy) is 2. The fourth-order valence-corrected chi connectivity index (χ4v) is 4.26. The predicted molar refractivity (Wildman–Crippen MR) is 122 cm³/mol. The summed E-state index contributed by atoms with van der Waals surface area (Å²) in [6.45, 7) is 8.76. The molecule has 2 aromatic carbocycles. The maximum absolute atomic E-state index is 6.28.